The van der Waals surface area contributed by atoms with Crippen molar-refractivity contribution < 1.29 is 0 Å². The van der Waals surface area contributed by atoms with Crippen LogP contribution in [0.2, 0.25) is 0 Å². The van der Waals surface area contributed by atoms with E-state index < -0.39 is 0 Å². The molecule has 88 valence electrons. The summed E-state index contributed by atoms with van der Waals surface area (Å²) in [6.45, 7) is 9.69. The summed E-state index contributed by atoms with van der Waals surface area (Å²) in [5.74, 6) is 1.00. The minimum absolute atomic E-state index is 0.845. The fourth-order valence-electron chi connectivity index (χ4n) is 1.65. The smallest absolute Gasteiger partial charge is 0.128 e. The van der Waals surface area contributed by atoms with Crippen LogP contribution in [0.5, 0.6) is 0 Å². The normalized spacial score (nSPS) is 10.2. The Hall–Kier alpha value is -1.35. The molecular formula is C13H21N3. The van der Waals surface area contributed by atoms with E-state index in [0.717, 1.165) is 30.2 Å². The zero-order valence-electron chi connectivity index (χ0n) is 10.7. The van der Waals surface area contributed by atoms with Gasteiger partial charge in [0.1, 0.15) is 5.82 Å². The summed E-state index contributed by atoms with van der Waals surface area (Å²) in [6.07, 6.45) is 0. The van der Waals surface area contributed by atoms with E-state index in [1.807, 2.05) is 27.9 Å². The Morgan fingerprint density at radius 1 is 1.50 bits per heavy atom. The van der Waals surface area contributed by atoms with E-state index in [2.05, 4.69) is 33.9 Å². The summed E-state index contributed by atoms with van der Waals surface area (Å²) < 4.78 is 0. The second kappa shape index (κ2) is 5.66. The first-order valence-electron chi connectivity index (χ1n) is 5.51. The van der Waals surface area contributed by atoms with Gasteiger partial charge in [0.25, 0.3) is 0 Å². The van der Waals surface area contributed by atoms with Gasteiger partial charge in [0.05, 0.1) is 0 Å². The monoisotopic (exact) mass is 219 g/mol. The molecule has 1 aromatic rings. The molecule has 0 fully saturated rings. The van der Waals surface area contributed by atoms with Crippen molar-refractivity contribution in [2.45, 2.75) is 20.4 Å². The second-order valence-electron chi connectivity index (χ2n) is 4.26. The van der Waals surface area contributed by atoms with E-state index in [4.69, 9.17) is 0 Å². The standard InChI is InChI=1S/C13H21N3/c1-10(2)9-16(5)13-7-6-12(8-14-4)11(3)15-13/h6-7,14H,1,8-9H2,2-5H3. The van der Waals surface area contributed by atoms with Crippen LogP contribution in [0.4, 0.5) is 5.82 Å². The molecule has 0 amide bonds. The molecule has 0 aliphatic heterocycles. The van der Waals surface area contributed by atoms with Crippen LogP contribution in [0.25, 0.3) is 0 Å². The molecule has 0 saturated carbocycles. The maximum absolute atomic E-state index is 4.59. The largest absolute Gasteiger partial charge is 0.356 e. The lowest BCUT2D eigenvalue weighted by atomic mass is 10.2. The van der Waals surface area contributed by atoms with E-state index in [-0.39, 0.29) is 0 Å². The van der Waals surface area contributed by atoms with Crippen LogP contribution in [-0.4, -0.2) is 25.6 Å². The zero-order chi connectivity index (χ0) is 12.1. The molecule has 0 bridgehead atoms. The molecule has 3 heteroatoms. The molecule has 16 heavy (non-hydrogen) atoms. The molecule has 0 saturated heterocycles. The number of anilines is 1. The van der Waals surface area contributed by atoms with Crippen LogP contribution < -0.4 is 10.2 Å². The molecule has 0 spiro atoms. The van der Waals surface area contributed by atoms with Gasteiger partial charge in [-0.3, -0.25) is 0 Å². The zero-order valence-corrected chi connectivity index (χ0v) is 10.7. The number of nitrogens with zero attached hydrogens (tertiary/aromatic N) is 2. The summed E-state index contributed by atoms with van der Waals surface area (Å²) in [4.78, 5) is 6.70. The third-order valence-corrected chi connectivity index (χ3v) is 2.45. The van der Waals surface area contributed by atoms with Gasteiger partial charge in [0.15, 0.2) is 0 Å². The maximum Gasteiger partial charge on any atom is 0.128 e. The van der Waals surface area contributed by atoms with Gasteiger partial charge in [0, 0.05) is 25.8 Å². The Morgan fingerprint density at radius 3 is 2.69 bits per heavy atom. The molecule has 0 atom stereocenters. The highest BCUT2D eigenvalue weighted by Crippen LogP contribution is 2.14. The molecule has 3 nitrogen and oxygen atoms in total. The minimum Gasteiger partial charge on any atom is -0.356 e. The van der Waals surface area contributed by atoms with Gasteiger partial charge in [-0.1, -0.05) is 18.2 Å². The fraction of sp³-hybridized carbons (Fsp3) is 0.462. The second-order valence-corrected chi connectivity index (χ2v) is 4.26. The van der Waals surface area contributed by atoms with Gasteiger partial charge in [-0.05, 0) is 32.5 Å². The number of aromatic nitrogens is 1. The number of hydrogen-bond donors (Lipinski definition) is 1. The molecule has 0 aliphatic carbocycles. The third kappa shape index (κ3) is 3.35. The van der Waals surface area contributed by atoms with Gasteiger partial charge < -0.3 is 10.2 Å². The average Bonchev–Trinajstić information content (AvgIpc) is 2.20. The average molecular weight is 219 g/mol. The maximum atomic E-state index is 4.59. The Labute approximate surface area is 98.2 Å². The Kier molecular flexibility index (Phi) is 4.50. The predicted octanol–water partition coefficient (Wildman–Crippen LogP) is 2.12. The highest BCUT2D eigenvalue weighted by Gasteiger charge is 2.05. The molecule has 0 aromatic carbocycles. The van der Waals surface area contributed by atoms with E-state index >= 15 is 0 Å². The lowest BCUT2D eigenvalue weighted by Gasteiger charge is -2.19. The number of pyridine rings is 1. The van der Waals surface area contributed by atoms with Crippen molar-refractivity contribution in [1.82, 2.24) is 10.3 Å². The third-order valence-electron chi connectivity index (χ3n) is 2.45. The van der Waals surface area contributed by atoms with Crippen LogP contribution in [0.15, 0.2) is 24.3 Å². The Balaban J connectivity index is 2.83. The molecule has 0 aliphatic rings. The van der Waals surface area contributed by atoms with Gasteiger partial charge >= 0.3 is 0 Å². The summed E-state index contributed by atoms with van der Waals surface area (Å²) >= 11 is 0. The Bertz CT molecular complexity index is 371. The number of likely N-dealkylation sites (N-methyl/N-ethyl adjacent to an activating group) is 1. The lowest BCUT2D eigenvalue weighted by Crippen LogP contribution is -2.21. The van der Waals surface area contributed by atoms with Crippen molar-refractivity contribution in [3.63, 3.8) is 0 Å². The van der Waals surface area contributed by atoms with Crippen LogP contribution in [0.3, 0.4) is 0 Å². The SMILES string of the molecule is C=C(C)CN(C)c1ccc(CNC)c(C)n1. The van der Waals surface area contributed by atoms with Gasteiger partial charge in [-0.25, -0.2) is 4.98 Å². The molecule has 0 unspecified atom stereocenters. The molecule has 1 aromatic heterocycles. The van der Waals surface area contributed by atoms with E-state index in [1.54, 1.807) is 0 Å². The molecule has 1 N–H and O–H groups in total. The molecule has 1 rings (SSSR count). The number of aryl methyl sites for hydroxylation is 1. The van der Waals surface area contributed by atoms with Crippen molar-refractivity contribution >= 4 is 5.82 Å². The first-order valence-corrected chi connectivity index (χ1v) is 5.51. The van der Waals surface area contributed by atoms with Crippen LogP contribution in [0, 0.1) is 6.92 Å². The van der Waals surface area contributed by atoms with Gasteiger partial charge in [0.2, 0.25) is 0 Å². The van der Waals surface area contributed by atoms with Gasteiger partial charge in [-0.2, -0.15) is 0 Å². The topological polar surface area (TPSA) is 28.2 Å². The van der Waals surface area contributed by atoms with E-state index in [1.165, 1.54) is 5.56 Å². The van der Waals surface area contributed by atoms with Crippen molar-refractivity contribution in [2.75, 3.05) is 25.5 Å². The summed E-state index contributed by atoms with van der Waals surface area (Å²) in [6, 6.07) is 4.19. The van der Waals surface area contributed by atoms with Crippen LogP contribution in [0.1, 0.15) is 18.2 Å². The lowest BCUT2D eigenvalue weighted by molar-refractivity contribution is 0.802. The fourth-order valence-corrected chi connectivity index (χ4v) is 1.65. The first kappa shape index (κ1) is 12.7. The van der Waals surface area contributed by atoms with Crippen LogP contribution in [-0.2, 0) is 6.54 Å². The highest BCUT2D eigenvalue weighted by molar-refractivity contribution is 5.42. The van der Waals surface area contributed by atoms with E-state index in [0.29, 0.717) is 0 Å². The Morgan fingerprint density at radius 2 is 2.19 bits per heavy atom. The molecule has 1 heterocycles. The first-order chi connectivity index (χ1) is 7.54. The predicted molar refractivity (Wildman–Crippen MR) is 69.8 cm³/mol. The van der Waals surface area contributed by atoms with Crippen molar-refractivity contribution in [3.05, 3.63) is 35.5 Å². The summed E-state index contributed by atoms with van der Waals surface area (Å²) in [7, 11) is 3.98. The van der Waals surface area contributed by atoms with Crippen molar-refractivity contribution in [2.24, 2.45) is 0 Å². The van der Waals surface area contributed by atoms with Gasteiger partial charge in [-0.15, -0.1) is 0 Å². The molecular weight excluding hydrogens is 198 g/mol. The summed E-state index contributed by atoms with van der Waals surface area (Å²) in [5.41, 5.74) is 3.47. The number of rotatable bonds is 5. The number of hydrogen-bond acceptors (Lipinski definition) is 3. The molecule has 0 radical (unpaired) electrons. The number of nitrogens with one attached hydrogen (secondary N) is 1. The van der Waals surface area contributed by atoms with E-state index in [9.17, 15) is 0 Å². The highest BCUT2D eigenvalue weighted by atomic mass is 15.2. The quantitative estimate of drug-likeness (QED) is 0.769. The van der Waals surface area contributed by atoms with Crippen molar-refractivity contribution in [1.29, 1.82) is 0 Å². The minimum atomic E-state index is 0.845. The van der Waals surface area contributed by atoms with Crippen molar-refractivity contribution in [3.8, 4) is 0 Å². The summed E-state index contributed by atoms with van der Waals surface area (Å²) in [5, 5.41) is 3.14. The van der Waals surface area contributed by atoms with Crippen LogP contribution >= 0.6 is 0 Å².